The molecule has 0 spiro atoms. The number of hydrogen-bond acceptors (Lipinski definition) is 4. The molecule has 1 aliphatic rings. The summed E-state index contributed by atoms with van der Waals surface area (Å²) in [5.41, 5.74) is 0. The van der Waals surface area contributed by atoms with E-state index in [9.17, 15) is 0 Å². The summed E-state index contributed by atoms with van der Waals surface area (Å²) in [6.07, 6.45) is 7.23. The lowest BCUT2D eigenvalue weighted by molar-refractivity contribution is 0.578. The van der Waals surface area contributed by atoms with Gasteiger partial charge in [-0.05, 0) is 41.6 Å². The van der Waals surface area contributed by atoms with Crippen molar-refractivity contribution < 1.29 is 0 Å². The third kappa shape index (κ3) is 3.56. The zero-order valence-corrected chi connectivity index (χ0v) is 11.8. The maximum absolute atomic E-state index is 4.44. The molecule has 1 fully saturated rings. The van der Waals surface area contributed by atoms with Crippen LogP contribution in [0.25, 0.3) is 0 Å². The van der Waals surface area contributed by atoms with Crippen LogP contribution in [0.2, 0.25) is 0 Å². The Bertz CT molecular complexity index is 364. The van der Waals surface area contributed by atoms with E-state index in [1.807, 2.05) is 6.92 Å². The molecule has 2 N–H and O–H groups in total. The van der Waals surface area contributed by atoms with Crippen molar-refractivity contribution in [2.24, 2.45) is 5.92 Å². The van der Waals surface area contributed by atoms with Crippen LogP contribution in [0, 0.1) is 5.92 Å². The molecule has 1 aromatic heterocycles. The van der Waals surface area contributed by atoms with E-state index in [4.69, 9.17) is 0 Å². The van der Waals surface area contributed by atoms with E-state index < -0.39 is 0 Å². The van der Waals surface area contributed by atoms with E-state index in [0.29, 0.717) is 5.95 Å². The van der Waals surface area contributed by atoms with E-state index in [1.54, 1.807) is 6.20 Å². The van der Waals surface area contributed by atoms with Crippen LogP contribution in [-0.2, 0) is 0 Å². The van der Waals surface area contributed by atoms with Gasteiger partial charge in [-0.2, -0.15) is 4.98 Å². The molecule has 1 aliphatic carbocycles. The quantitative estimate of drug-likeness (QED) is 0.876. The molecule has 0 aliphatic heterocycles. The predicted molar refractivity (Wildman–Crippen MR) is 74.3 cm³/mol. The SMILES string of the molecule is CCNc1ncc(Br)c(NCC2CCCC2)n1. The Hall–Kier alpha value is -0.840. The fourth-order valence-corrected chi connectivity index (χ4v) is 2.52. The van der Waals surface area contributed by atoms with Crippen LogP contribution in [0.4, 0.5) is 11.8 Å². The Morgan fingerprint density at radius 2 is 2.12 bits per heavy atom. The minimum atomic E-state index is 0.685. The van der Waals surface area contributed by atoms with Gasteiger partial charge in [0, 0.05) is 19.3 Å². The molecule has 0 atom stereocenters. The number of halogens is 1. The predicted octanol–water partition coefficient (Wildman–Crippen LogP) is 3.27. The number of nitrogens with one attached hydrogen (secondary N) is 2. The van der Waals surface area contributed by atoms with Crippen LogP contribution in [0.15, 0.2) is 10.7 Å². The van der Waals surface area contributed by atoms with Crippen molar-refractivity contribution in [3.8, 4) is 0 Å². The van der Waals surface area contributed by atoms with Gasteiger partial charge in [-0.3, -0.25) is 0 Å². The third-order valence-corrected chi connectivity index (χ3v) is 3.69. The van der Waals surface area contributed by atoms with E-state index in [-0.39, 0.29) is 0 Å². The van der Waals surface area contributed by atoms with Gasteiger partial charge in [0.1, 0.15) is 5.82 Å². The summed E-state index contributed by atoms with van der Waals surface area (Å²) in [5.74, 6) is 2.38. The van der Waals surface area contributed by atoms with E-state index in [2.05, 4.69) is 36.5 Å². The molecule has 0 bridgehead atoms. The molecule has 0 saturated heterocycles. The average Bonchev–Trinajstić information content (AvgIpc) is 2.83. The van der Waals surface area contributed by atoms with Gasteiger partial charge < -0.3 is 10.6 Å². The Morgan fingerprint density at radius 1 is 1.35 bits per heavy atom. The van der Waals surface area contributed by atoms with E-state index in [0.717, 1.165) is 29.3 Å². The second-order valence-electron chi connectivity index (χ2n) is 4.45. The highest BCUT2D eigenvalue weighted by molar-refractivity contribution is 9.10. The van der Waals surface area contributed by atoms with Crippen LogP contribution in [-0.4, -0.2) is 23.1 Å². The van der Waals surface area contributed by atoms with Crippen molar-refractivity contribution in [2.75, 3.05) is 23.7 Å². The van der Waals surface area contributed by atoms with Crippen molar-refractivity contribution in [3.05, 3.63) is 10.7 Å². The smallest absolute Gasteiger partial charge is 0.224 e. The normalized spacial score (nSPS) is 16.1. The Balaban J connectivity index is 1.95. The van der Waals surface area contributed by atoms with Crippen molar-refractivity contribution in [1.29, 1.82) is 0 Å². The van der Waals surface area contributed by atoms with Crippen LogP contribution in [0.5, 0.6) is 0 Å². The summed E-state index contributed by atoms with van der Waals surface area (Å²) < 4.78 is 0.928. The van der Waals surface area contributed by atoms with Gasteiger partial charge in [0.05, 0.1) is 4.47 Å². The van der Waals surface area contributed by atoms with E-state index >= 15 is 0 Å². The summed E-state index contributed by atoms with van der Waals surface area (Å²) in [6, 6.07) is 0. The van der Waals surface area contributed by atoms with Crippen LogP contribution in [0.3, 0.4) is 0 Å². The zero-order valence-electron chi connectivity index (χ0n) is 10.2. The lowest BCUT2D eigenvalue weighted by atomic mass is 10.1. The molecule has 0 aromatic carbocycles. The summed E-state index contributed by atoms with van der Waals surface area (Å²) in [7, 11) is 0. The fraction of sp³-hybridized carbons (Fsp3) is 0.667. The first-order chi connectivity index (χ1) is 8.29. The topological polar surface area (TPSA) is 49.8 Å². The van der Waals surface area contributed by atoms with Crippen molar-refractivity contribution in [3.63, 3.8) is 0 Å². The van der Waals surface area contributed by atoms with Crippen LogP contribution >= 0.6 is 15.9 Å². The standard InChI is InChI=1S/C12H19BrN4/c1-2-14-12-16-8-10(13)11(17-12)15-7-9-5-3-4-6-9/h8-9H,2-7H2,1H3,(H2,14,15,16,17). The molecule has 2 rings (SSSR count). The summed E-state index contributed by atoms with van der Waals surface area (Å²) in [4.78, 5) is 8.64. The minimum Gasteiger partial charge on any atom is -0.369 e. The molecule has 1 saturated carbocycles. The number of rotatable bonds is 5. The number of aromatic nitrogens is 2. The van der Waals surface area contributed by atoms with Gasteiger partial charge in [-0.15, -0.1) is 0 Å². The first-order valence-electron chi connectivity index (χ1n) is 6.30. The molecule has 1 aromatic rings. The first kappa shape index (κ1) is 12.6. The van der Waals surface area contributed by atoms with Gasteiger partial charge in [0.25, 0.3) is 0 Å². The van der Waals surface area contributed by atoms with Crippen molar-refractivity contribution in [2.45, 2.75) is 32.6 Å². The average molecular weight is 299 g/mol. The Kier molecular flexibility index (Phi) is 4.59. The highest BCUT2D eigenvalue weighted by Crippen LogP contribution is 2.26. The van der Waals surface area contributed by atoms with Gasteiger partial charge >= 0.3 is 0 Å². The maximum atomic E-state index is 4.44. The second kappa shape index (κ2) is 6.19. The summed E-state index contributed by atoms with van der Waals surface area (Å²) in [6.45, 7) is 3.89. The molecule has 5 heteroatoms. The Morgan fingerprint density at radius 3 is 2.82 bits per heavy atom. The Labute approximate surface area is 111 Å². The monoisotopic (exact) mass is 298 g/mol. The summed E-state index contributed by atoms with van der Waals surface area (Å²) >= 11 is 3.48. The van der Waals surface area contributed by atoms with Gasteiger partial charge in [-0.25, -0.2) is 4.98 Å². The van der Waals surface area contributed by atoms with Gasteiger partial charge in [0.15, 0.2) is 0 Å². The second-order valence-corrected chi connectivity index (χ2v) is 5.31. The van der Waals surface area contributed by atoms with Crippen LogP contribution < -0.4 is 10.6 Å². The molecule has 0 unspecified atom stereocenters. The van der Waals surface area contributed by atoms with Crippen molar-refractivity contribution in [1.82, 2.24) is 9.97 Å². The van der Waals surface area contributed by atoms with E-state index in [1.165, 1.54) is 25.7 Å². The highest BCUT2D eigenvalue weighted by Gasteiger charge is 2.15. The lowest BCUT2D eigenvalue weighted by Gasteiger charge is -2.13. The minimum absolute atomic E-state index is 0.685. The molecule has 17 heavy (non-hydrogen) atoms. The summed E-state index contributed by atoms with van der Waals surface area (Å²) in [5, 5.41) is 6.54. The van der Waals surface area contributed by atoms with Crippen molar-refractivity contribution >= 4 is 27.7 Å². The molecular formula is C12H19BrN4. The van der Waals surface area contributed by atoms with Crippen LogP contribution in [0.1, 0.15) is 32.6 Å². The zero-order chi connectivity index (χ0) is 12.1. The molecule has 4 nitrogen and oxygen atoms in total. The van der Waals surface area contributed by atoms with Gasteiger partial charge in [0.2, 0.25) is 5.95 Å². The molecule has 1 heterocycles. The molecule has 0 radical (unpaired) electrons. The lowest BCUT2D eigenvalue weighted by Crippen LogP contribution is -2.13. The highest BCUT2D eigenvalue weighted by atomic mass is 79.9. The molecule has 94 valence electrons. The largest absolute Gasteiger partial charge is 0.369 e. The number of hydrogen-bond donors (Lipinski definition) is 2. The fourth-order valence-electron chi connectivity index (χ4n) is 2.19. The maximum Gasteiger partial charge on any atom is 0.224 e. The number of nitrogens with zero attached hydrogens (tertiary/aromatic N) is 2. The van der Waals surface area contributed by atoms with Gasteiger partial charge in [-0.1, -0.05) is 12.8 Å². The molecular weight excluding hydrogens is 280 g/mol. The third-order valence-electron chi connectivity index (χ3n) is 3.11. The molecule has 0 amide bonds. The number of anilines is 2. The first-order valence-corrected chi connectivity index (χ1v) is 7.09.